The van der Waals surface area contributed by atoms with E-state index in [9.17, 15) is 4.79 Å². The summed E-state index contributed by atoms with van der Waals surface area (Å²) in [6.45, 7) is 8.21. The first-order chi connectivity index (χ1) is 9.65. The van der Waals surface area contributed by atoms with Gasteiger partial charge in [0.2, 0.25) is 5.91 Å². The second-order valence-electron chi connectivity index (χ2n) is 6.70. The summed E-state index contributed by atoms with van der Waals surface area (Å²) < 4.78 is 0. The van der Waals surface area contributed by atoms with Crippen molar-refractivity contribution in [3.05, 3.63) is 0 Å². The molecule has 1 atom stereocenters. The standard InChI is InChI=1S/C16H31N3O/c1-3-7-16(12-17,8-4-2)15(20)18-14-11-19-9-5-13(14)6-10-19/h13-14H,3-12,17H2,1-2H3,(H,18,20). The number of rotatable bonds is 7. The first-order valence-electron chi connectivity index (χ1n) is 8.38. The SMILES string of the molecule is CCCC(CN)(CCC)C(=O)NC1CN2CCC1CC2. The number of amides is 1. The average Bonchev–Trinajstić information content (AvgIpc) is 2.48. The lowest BCUT2D eigenvalue weighted by molar-refractivity contribution is -0.133. The van der Waals surface area contributed by atoms with Crippen molar-refractivity contribution in [3.8, 4) is 0 Å². The van der Waals surface area contributed by atoms with Crippen LogP contribution in [-0.2, 0) is 4.79 Å². The molecule has 1 unspecified atom stereocenters. The quantitative estimate of drug-likeness (QED) is 0.747. The van der Waals surface area contributed by atoms with Gasteiger partial charge in [-0.2, -0.15) is 0 Å². The van der Waals surface area contributed by atoms with E-state index in [4.69, 9.17) is 5.73 Å². The van der Waals surface area contributed by atoms with E-state index in [1.165, 1.54) is 25.9 Å². The van der Waals surface area contributed by atoms with Gasteiger partial charge < -0.3 is 16.0 Å². The molecule has 3 fully saturated rings. The summed E-state index contributed by atoms with van der Waals surface area (Å²) in [4.78, 5) is 15.3. The van der Waals surface area contributed by atoms with Gasteiger partial charge in [0.05, 0.1) is 5.41 Å². The molecule has 4 heteroatoms. The number of nitrogens with one attached hydrogen (secondary N) is 1. The van der Waals surface area contributed by atoms with Gasteiger partial charge in [0.15, 0.2) is 0 Å². The molecule has 2 bridgehead atoms. The number of carbonyl (C=O) groups is 1. The molecule has 0 aromatic carbocycles. The zero-order valence-electron chi connectivity index (χ0n) is 13.2. The Kier molecular flexibility index (Phi) is 5.44. The molecule has 3 aliphatic rings. The highest BCUT2D eigenvalue weighted by Crippen LogP contribution is 2.32. The van der Waals surface area contributed by atoms with Crippen LogP contribution in [-0.4, -0.2) is 43.0 Å². The molecule has 4 nitrogen and oxygen atoms in total. The van der Waals surface area contributed by atoms with Crippen molar-refractivity contribution in [1.29, 1.82) is 0 Å². The van der Waals surface area contributed by atoms with Gasteiger partial charge in [0.25, 0.3) is 0 Å². The third-order valence-electron chi connectivity index (χ3n) is 5.30. The Hall–Kier alpha value is -0.610. The van der Waals surface area contributed by atoms with Crippen LogP contribution in [0.4, 0.5) is 0 Å². The molecule has 3 saturated heterocycles. The van der Waals surface area contributed by atoms with Gasteiger partial charge in [-0.05, 0) is 44.7 Å². The van der Waals surface area contributed by atoms with Crippen molar-refractivity contribution < 1.29 is 4.79 Å². The Labute approximate surface area is 123 Å². The van der Waals surface area contributed by atoms with Gasteiger partial charge in [0, 0.05) is 19.1 Å². The van der Waals surface area contributed by atoms with E-state index in [0.29, 0.717) is 18.5 Å². The summed E-state index contributed by atoms with van der Waals surface area (Å²) in [5.41, 5.74) is 5.65. The fourth-order valence-electron chi connectivity index (χ4n) is 4.06. The second kappa shape index (κ2) is 6.90. The Bertz CT molecular complexity index is 318. The van der Waals surface area contributed by atoms with Gasteiger partial charge in [0.1, 0.15) is 0 Å². The first kappa shape index (κ1) is 15.8. The van der Waals surface area contributed by atoms with Crippen LogP contribution in [0.1, 0.15) is 52.4 Å². The van der Waals surface area contributed by atoms with Crippen LogP contribution in [0.5, 0.6) is 0 Å². The maximum Gasteiger partial charge on any atom is 0.227 e. The number of fused-ring (bicyclic) bond motifs is 3. The average molecular weight is 281 g/mol. The first-order valence-corrected chi connectivity index (χ1v) is 8.38. The fourth-order valence-corrected chi connectivity index (χ4v) is 4.06. The number of carbonyl (C=O) groups excluding carboxylic acids is 1. The number of piperidine rings is 3. The minimum Gasteiger partial charge on any atom is -0.351 e. The minimum atomic E-state index is -0.338. The lowest BCUT2D eigenvalue weighted by Gasteiger charge is -2.46. The smallest absolute Gasteiger partial charge is 0.227 e. The number of hydrogen-bond donors (Lipinski definition) is 2. The summed E-state index contributed by atoms with van der Waals surface area (Å²) in [7, 11) is 0. The fraction of sp³-hybridized carbons (Fsp3) is 0.938. The Morgan fingerprint density at radius 1 is 1.25 bits per heavy atom. The summed E-state index contributed by atoms with van der Waals surface area (Å²) in [5, 5.41) is 3.35. The number of nitrogens with two attached hydrogens (primary N) is 1. The largest absolute Gasteiger partial charge is 0.351 e. The van der Waals surface area contributed by atoms with Crippen LogP contribution in [0.3, 0.4) is 0 Å². The van der Waals surface area contributed by atoms with Crippen LogP contribution in [0.25, 0.3) is 0 Å². The van der Waals surface area contributed by atoms with Gasteiger partial charge in [-0.15, -0.1) is 0 Å². The van der Waals surface area contributed by atoms with Gasteiger partial charge >= 0.3 is 0 Å². The van der Waals surface area contributed by atoms with E-state index in [2.05, 4.69) is 24.1 Å². The molecular weight excluding hydrogens is 250 g/mol. The molecular formula is C16H31N3O. The highest BCUT2D eigenvalue weighted by molar-refractivity contribution is 5.83. The van der Waals surface area contributed by atoms with Crippen molar-refractivity contribution in [3.63, 3.8) is 0 Å². The monoisotopic (exact) mass is 281 g/mol. The van der Waals surface area contributed by atoms with Gasteiger partial charge in [-0.25, -0.2) is 0 Å². The van der Waals surface area contributed by atoms with Crippen molar-refractivity contribution >= 4 is 5.91 Å². The normalized spacial score (nSPS) is 29.4. The molecule has 0 radical (unpaired) electrons. The molecule has 0 aromatic rings. The molecule has 1 amide bonds. The van der Waals surface area contributed by atoms with E-state index in [1.807, 2.05) is 0 Å². The molecule has 20 heavy (non-hydrogen) atoms. The molecule has 3 heterocycles. The topological polar surface area (TPSA) is 58.4 Å². The molecule has 0 saturated carbocycles. The zero-order chi connectivity index (χ0) is 14.6. The minimum absolute atomic E-state index is 0.211. The second-order valence-corrected chi connectivity index (χ2v) is 6.70. The van der Waals surface area contributed by atoms with Gasteiger partial charge in [-0.1, -0.05) is 26.7 Å². The Morgan fingerprint density at radius 2 is 1.85 bits per heavy atom. The zero-order valence-corrected chi connectivity index (χ0v) is 13.2. The molecule has 0 spiro atoms. The van der Waals surface area contributed by atoms with E-state index < -0.39 is 0 Å². The van der Waals surface area contributed by atoms with Crippen LogP contribution in [0.2, 0.25) is 0 Å². The lowest BCUT2D eigenvalue weighted by atomic mass is 9.77. The van der Waals surface area contributed by atoms with Crippen LogP contribution in [0, 0.1) is 11.3 Å². The van der Waals surface area contributed by atoms with Crippen molar-refractivity contribution in [2.75, 3.05) is 26.2 Å². The van der Waals surface area contributed by atoms with Crippen LogP contribution in [0.15, 0.2) is 0 Å². The maximum atomic E-state index is 12.8. The van der Waals surface area contributed by atoms with Crippen molar-refractivity contribution in [2.45, 2.75) is 58.4 Å². The number of nitrogens with zero attached hydrogens (tertiary/aromatic N) is 1. The molecule has 3 aliphatic heterocycles. The summed E-state index contributed by atoms with van der Waals surface area (Å²) >= 11 is 0. The van der Waals surface area contributed by atoms with E-state index in [0.717, 1.165) is 32.2 Å². The predicted molar refractivity (Wildman–Crippen MR) is 82.4 cm³/mol. The Balaban J connectivity index is 2.00. The highest BCUT2D eigenvalue weighted by Gasteiger charge is 2.40. The maximum absolute atomic E-state index is 12.8. The lowest BCUT2D eigenvalue weighted by Crippen LogP contribution is -2.60. The Morgan fingerprint density at radius 3 is 2.25 bits per heavy atom. The van der Waals surface area contributed by atoms with E-state index in [-0.39, 0.29) is 11.3 Å². The van der Waals surface area contributed by atoms with Crippen LogP contribution >= 0.6 is 0 Å². The molecule has 3 rings (SSSR count). The summed E-state index contributed by atoms with van der Waals surface area (Å²) in [6, 6.07) is 0.352. The van der Waals surface area contributed by atoms with E-state index >= 15 is 0 Å². The van der Waals surface area contributed by atoms with Gasteiger partial charge in [-0.3, -0.25) is 4.79 Å². The molecule has 0 aromatic heterocycles. The van der Waals surface area contributed by atoms with E-state index in [1.54, 1.807) is 0 Å². The third kappa shape index (κ3) is 3.17. The van der Waals surface area contributed by atoms with Crippen molar-refractivity contribution in [2.24, 2.45) is 17.1 Å². The summed E-state index contributed by atoms with van der Waals surface area (Å²) in [5.74, 6) is 0.894. The molecule has 3 N–H and O–H groups in total. The molecule has 0 aliphatic carbocycles. The third-order valence-corrected chi connectivity index (χ3v) is 5.30. The van der Waals surface area contributed by atoms with Crippen LogP contribution < -0.4 is 11.1 Å². The highest BCUT2D eigenvalue weighted by atomic mass is 16.2. The number of hydrogen-bond acceptors (Lipinski definition) is 3. The predicted octanol–water partition coefficient (Wildman–Crippen LogP) is 1.74. The summed E-state index contributed by atoms with van der Waals surface area (Å²) in [6.07, 6.45) is 6.33. The molecule has 116 valence electrons. The van der Waals surface area contributed by atoms with Crippen molar-refractivity contribution in [1.82, 2.24) is 10.2 Å².